The SMILES string of the molecule is C=CCCCCC[N+](CCCC)(CCCC)CCCC. The first-order valence-corrected chi connectivity index (χ1v) is 9.20. The van der Waals surface area contributed by atoms with Gasteiger partial charge in [-0.1, -0.05) is 46.1 Å². The molecular weight excluding hydrogens is 242 g/mol. The summed E-state index contributed by atoms with van der Waals surface area (Å²) >= 11 is 0. The molecule has 0 rings (SSSR count). The first kappa shape index (κ1) is 19.7. The fourth-order valence-electron chi connectivity index (χ4n) is 3.06. The van der Waals surface area contributed by atoms with Gasteiger partial charge >= 0.3 is 0 Å². The molecule has 0 aromatic heterocycles. The van der Waals surface area contributed by atoms with Crippen molar-refractivity contribution < 1.29 is 4.48 Å². The number of allylic oxidation sites excluding steroid dienone is 1. The van der Waals surface area contributed by atoms with Crippen LogP contribution in [0.5, 0.6) is 0 Å². The van der Waals surface area contributed by atoms with E-state index in [1.165, 1.54) is 94.9 Å². The summed E-state index contributed by atoms with van der Waals surface area (Å²) in [7, 11) is 0. The van der Waals surface area contributed by atoms with E-state index in [0.29, 0.717) is 0 Å². The lowest BCUT2D eigenvalue weighted by Crippen LogP contribution is -2.50. The summed E-state index contributed by atoms with van der Waals surface area (Å²) in [5.74, 6) is 0. The van der Waals surface area contributed by atoms with Crippen LogP contribution in [0.15, 0.2) is 12.7 Å². The second-order valence-electron chi connectivity index (χ2n) is 6.43. The van der Waals surface area contributed by atoms with Crippen molar-refractivity contribution in [1.82, 2.24) is 0 Å². The monoisotopic (exact) mass is 282 g/mol. The lowest BCUT2D eigenvalue weighted by molar-refractivity contribution is -0.929. The molecule has 0 N–H and O–H groups in total. The van der Waals surface area contributed by atoms with Crippen molar-refractivity contribution in [3.8, 4) is 0 Å². The summed E-state index contributed by atoms with van der Waals surface area (Å²) in [4.78, 5) is 0. The van der Waals surface area contributed by atoms with Gasteiger partial charge < -0.3 is 4.48 Å². The molecule has 0 bridgehead atoms. The van der Waals surface area contributed by atoms with Gasteiger partial charge in [-0.05, 0) is 44.9 Å². The molecule has 120 valence electrons. The van der Waals surface area contributed by atoms with E-state index in [1.54, 1.807) is 0 Å². The fourth-order valence-corrected chi connectivity index (χ4v) is 3.06. The molecule has 0 heterocycles. The third kappa shape index (κ3) is 9.58. The number of nitrogens with zero attached hydrogens (tertiary/aromatic N) is 1. The smallest absolute Gasteiger partial charge is 0.0786 e. The molecule has 0 fully saturated rings. The number of quaternary nitrogens is 1. The van der Waals surface area contributed by atoms with Gasteiger partial charge in [0.15, 0.2) is 0 Å². The highest BCUT2D eigenvalue weighted by atomic mass is 15.3. The Morgan fingerprint density at radius 3 is 1.50 bits per heavy atom. The molecule has 0 saturated carbocycles. The molecule has 20 heavy (non-hydrogen) atoms. The van der Waals surface area contributed by atoms with E-state index in [0.717, 1.165) is 0 Å². The van der Waals surface area contributed by atoms with E-state index in [1.807, 2.05) is 0 Å². The van der Waals surface area contributed by atoms with Crippen LogP contribution >= 0.6 is 0 Å². The van der Waals surface area contributed by atoms with E-state index < -0.39 is 0 Å². The Labute approximate surface area is 129 Å². The summed E-state index contributed by atoms with van der Waals surface area (Å²) < 4.78 is 1.41. The second kappa shape index (κ2) is 13.7. The molecule has 0 atom stereocenters. The van der Waals surface area contributed by atoms with Gasteiger partial charge in [0.2, 0.25) is 0 Å². The topological polar surface area (TPSA) is 0 Å². The van der Waals surface area contributed by atoms with E-state index in [2.05, 4.69) is 33.4 Å². The highest BCUT2D eigenvalue weighted by Crippen LogP contribution is 2.17. The first-order chi connectivity index (χ1) is 9.74. The maximum Gasteiger partial charge on any atom is 0.0786 e. The van der Waals surface area contributed by atoms with Gasteiger partial charge in [-0.3, -0.25) is 0 Å². The van der Waals surface area contributed by atoms with Gasteiger partial charge in [-0.25, -0.2) is 0 Å². The predicted octanol–water partition coefficient (Wildman–Crippen LogP) is 5.95. The Balaban J connectivity index is 4.37. The van der Waals surface area contributed by atoms with Crippen LogP contribution < -0.4 is 0 Å². The van der Waals surface area contributed by atoms with Crippen LogP contribution in [0, 0.1) is 0 Å². The molecule has 0 amide bonds. The number of unbranched alkanes of at least 4 members (excludes halogenated alkanes) is 6. The molecule has 0 spiro atoms. The number of hydrogen-bond donors (Lipinski definition) is 0. The molecule has 0 unspecified atom stereocenters. The molecule has 0 radical (unpaired) electrons. The van der Waals surface area contributed by atoms with E-state index in [9.17, 15) is 0 Å². The molecule has 0 aliphatic heterocycles. The molecule has 0 saturated heterocycles. The average molecular weight is 283 g/mol. The van der Waals surface area contributed by atoms with Crippen molar-refractivity contribution in [3.63, 3.8) is 0 Å². The minimum atomic E-state index is 1.19. The van der Waals surface area contributed by atoms with Gasteiger partial charge in [-0.2, -0.15) is 0 Å². The van der Waals surface area contributed by atoms with E-state index >= 15 is 0 Å². The molecule has 1 nitrogen and oxygen atoms in total. The zero-order valence-corrected chi connectivity index (χ0v) is 14.6. The van der Waals surface area contributed by atoms with Crippen molar-refractivity contribution in [3.05, 3.63) is 12.7 Å². The summed E-state index contributed by atoms with van der Waals surface area (Å²) in [6.07, 6.45) is 15.6. The van der Waals surface area contributed by atoms with E-state index in [-0.39, 0.29) is 0 Å². The summed E-state index contributed by atoms with van der Waals surface area (Å²) in [6, 6.07) is 0. The van der Waals surface area contributed by atoms with Crippen molar-refractivity contribution in [1.29, 1.82) is 0 Å². The summed E-state index contributed by atoms with van der Waals surface area (Å²) in [5, 5.41) is 0. The van der Waals surface area contributed by atoms with Gasteiger partial charge in [0, 0.05) is 0 Å². The largest absolute Gasteiger partial charge is 0.324 e. The van der Waals surface area contributed by atoms with Crippen molar-refractivity contribution in [2.75, 3.05) is 26.2 Å². The second-order valence-corrected chi connectivity index (χ2v) is 6.43. The van der Waals surface area contributed by atoms with Crippen molar-refractivity contribution >= 4 is 0 Å². The van der Waals surface area contributed by atoms with Crippen molar-refractivity contribution in [2.45, 2.75) is 85.0 Å². The Morgan fingerprint density at radius 1 is 0.650 bits per heavy atom. The van der Waals surface area contributed by atoms with Crippen LogP contribution in [0.3, 0.4) is 0 Å². The Bertz CT molecular complexity index is 188. The lowest BCUT2D eigenvalue weighted by Gasteiger charge is -2.39. The van der Waals surface area contributed by atoms with Gasteiger partial charge in [0.05, 0.1) is 26.2 Å². The van der Waals surface area contributed by atoms with Gasteiger partial charge in [-0.15, -0.1) is 6.58 Å². The van der Waals surface area contributed by atoms with Crippen LogP contribution in [-0.2, 0) is 0 Å². The summed E-state index contributed by atoms with van der Waals surface area (Å²) in [5.41, 5.74) is 0. The van der Waals surface area contributed by atoms with Crippen LogP contribution in [0.1, 0.15) is 85.0 Å². The normalized spacial score (nSPS) is 11.8. The molecule has 0 aromatic rings. The van der Waals surface area contributed by atoms with Gasteiger partial charge in [0.25, 0.3) is 0 Å². The highest BCUT2D eigenvalue weighted by molar-refractivity contribution is 4.65. The Kier molecular flexibility index (Phi) is 13.5. The quantitative estimate of drug-likeness (QED) is 0.198. The molecule has 1 heteroatoms. The lowest BCUT2D eigenvalue weighted by atomic mass is 10.1. The maximum atomic E-state index is 3.82. The van der Waals surface area contributed by atoms with Crippen LogP contribution in [0.4, 0.5) is 0 Å². The minimum absolute atomic E-state index is 1.19. The molecule has 0 aliphatic carbocycles. The zero-order chi connectivity index (χ0) is 15.1. The highest BCUT2D eigenvalue weighted by Gasteiger charge is 2.24. The Morgan fingerprint density at radius 2 is 1.10 bits per heavy atom. The van der Waals surface area contributed by atoms with Crippen molar-refractivity contribution in [2.24, 2.45) is 0 Å². The average Bonchev–Trinajstić information content (AvgIpc) is 2.48. The number of hydrogen-bond acceptors (Lipinski definition) is 0. The zero-order valence-electron chi connectivity index (χ0n) is 14.6. The molecular formula is C19H40N+. The third-order valence-electron chi connectivity index (χ3n) is 4.50. The van der Waals surface area contributed by atoms with Crippen LogP contribution in [-0.4, -0.2) is 30.7 Å². The van der Waals surface area contributed by atoms with Gasteiger partial charge in [0.1, 0.15) is 0 Å². The molecule has 0 aromatic carbocycles. The van der Waals surface area contributed by atoms with Crippen LogP contribution in [0.25, 0.3) is 0 Å². The maximum absolute atomic E-state index is 3.82. The Hall–Kier alpha value is -0.300. The van der Waals surface area contributed by atoms with E-state index in [4.69, 9.17) is 0 Å². The standard InChI is InChI=1S/C19H40N/c1-5-9-13-14-15-19-20(16-10-6-2,17-11-7-3)18-12-8-4/h5H,1,6-19H2,2-4H3/q+1. The number of rotatable bonds is 15. The predicted molar refractivity (Wildman–Crippen MR) is 93.1 cm³/mol. The molecule has 0 aliphatic rings. The summed E-state index contributed by atoms with van der Waals surface area (Å²) in [6.45, 7) is 16.5. The first-order valence-electron chi connectivity index (χ1n) is 9.20. The fraction of sp³-hybridized carbons (Fsp3) is 0.895. The minimum Gasteiger partial charge on any atom is -0.324 e. The van der Waals surface area contributed by atoms with Crippen LogP contribution in [0.2, 0.25) is 0 Å². The third-order valence-corrected chi connectivity index (χ3v) is 4.50.